The number of hydrogen-bond donors (Lipinski definition) is 0. The highest BCUT2D eigenvalue weighted by Crippen LogP contribution is 2.25. The maximum Gasteiger partial charge on any atom is 0.286 e. The Morgan fingerprint density at radius 3 is 2.60 bits per heavy atom. The Morgan fingerprint density at radius 2 is 2.00 bits per heavy atom. The zero-order valence-electron chi connectivity index (χ0n) is 15.2. The molecule has 2 rings (SSSR count). The zero-order chi connectivity index (χ0) is 18.6. The second-order valence-electron chi connectivity index (χ2n) is 5.84. The molecular weight excluding hydrogens is 320 g/mol. The standard InChI is InChI=1S/C18H22N4O3/c1-12-13(2)20-22(18(23)16(12)9-19)11-21(3)10-14-6-7-15(24-4)8-17(14)25-5/h6-8H,10-11H2,1-5H3. The molecule has 0 aliphatic carbocycles. The molecule has 0 fully saturated rings. The second kappa shape index (κ2) is 7.81. The number of rotatable bonds is 6. The highest BCUT2D eigenvalue weighted by molar-refractivity contribution is 5.40. The molecule has 2 aromatic rings. The quantitative estimate of drug-likeness (QED) is 0.797. The summed E-state index contributed by atoms with van der Waals surface area (Å²) in [6.45, 7) is 4.34. The van der Waals surface area contributed by atoms with Crippen molar-refractivity contribution < 1.29 is 9.47 Å². The molecule has 7 nitrogen and oxygen atoms in total. The van der Waals surface area contributed by atoms with Crippen LogP contribution in [0.25, 0.3) is 0 Å². The van der Waals surface area contributed by atoms with E-state index in [1.807, 2.05) is 36.2 Å². The maximum absolute atomic E-state index is 12.4. The summed E-state index contributed by atoms with van der Waals surface area (Å²) in [6, 6.07) is 7.57. The molecule has 1 aromatic heterocycles. The number of methoxy groups -OCH3 is 2. The van der Waals surface area contributed by atoms with Gasteiger partial charge < -0.3 is 9.47 Å². The van der Waals surface area contributed by atoms with Crippen LogP contribution >= 0.6 is 0 Å². The lowest BCUT2D eigenvalue weighted by molar-refractivity contribution is 0.235. The van der Waals surface area contributed by atoms with E-state index in [0.29, 0.717) is 29.3 Å². The van der Waals surface area contributed by atoms with E-state index in [-0.39, 0.29) is 17.8 Å². The van der Waals surface area contributed by atoms with Gasteiger partial charge >= 0.3 is 0 Å². The zero-order valence-corrected chi connectivity index (χ0v) is 15.2. The van der Waals surface area contributed by atoms with Crippen molar-refractivity contribution in [2.75, 3.05) is 21.3 Å². The van der Waals surface area contributed by atoms with Gasteiger partial charge in [-0.05, 0) is 32.5 Å². The van der Waals surface area contributed by atoms with Gasteiger partial charge in [0, 0.05) is 18.2 Å². The molecule has 0 radical (unpaired) electrons. The van der Waals surface area contributed by atoms with Gasteiger partial charge in [-0.3, -0.25) is 9.69 Å². The molecule has 0 amide bonds. The molecule has 132 valence electrons. The third kappa shape index (κ3) is 3.98. The van der Waals surface area contributed by atoms with Gasteiger partial charge in [-0.25, -0.2) is 4.68 Å². The number of nitrogens with zero attached hydrogens (tertiary/aromatic N) is 4. The van der Waals surface area contributed by atoms with E-state index in [2.05, 4.69) is 5.10 Å². The van der Waals surface area contributed by atoms with Crippen molar-refractivity contribution in [3.63, 3.8) is 0 Å². The van der Waals surface area contributed by atoms with Crippen LogP contribution in [0.1, 0.15) is 22.4 Å². The lowest BCUT2D eigenvalue weighted by Gasteiger charge is -2.20. The summed E-state index contributed by atoms with van der Waals surface area (Å²) in [5.74, 6) is 1.43. The van der Waals surface area contributed by atoms with E-state index in [1.54, 1.807) is 28.1 Å². The highest BCUT2D eigenvalue weighted by atomic mass is 16.5. The number of hydrogen-bond acceptors (Lipinski definition) is 6. The Kier molecular flexibility index (Phi) is 5.78. The lowest BCUT2D eigenvalue weighted by atomic mass is 10.1. The molecule has 0 aliphatic heterocycles. The summed E-state index contributed by atoms with van der Waals surface area (Å²) < 4.78 is 11.9. The van der Waals surface area contributed by atoms with Gasteiger partial charge in [0.25, 0.3) is 5.56 Å². The number of benzene rings is 1. The summed E-state index contributed by atoms with van der Waals surface area (Å²) in [4.78, 5) is 14.3. The SMILES string of the molecule is COc1ccc(CN(C)Cn2nc(C)c(C)c(C#N)c2=O)c(OC)c1. The van der Waals surface area contributed by atoms with Crippen LogP contribution in [-0.4, -0.2) is 35.9 Å². The van der Waals surface area contributed by atoms with Crippen molar-refractivity contribution in [3.8, 4) is 17.6 Å². The predicted octanol–water partition coefficient (Wildman–Crippen LogP) is 1.84. The fraction of sp³-hybridized carbons (Fsp3) is 0.389. The minimum atomic E-state index is -0.376. The first-order valence-electron chi connectivity index (χ1n) is 7.79. The van der Waals surface area contributed by atoms with E-state index in [0.717, 1.165) is 5.56 Å². The molecule has 0 saturated heterocycles. The van der Waals surface area contributed by atoms with Crippen molar-refractivity contribution in [3.05, 3.63) is 50.9 Å². The van der Waals surface area contributed by atoms with Gasteiger partial charge in [-0.1, -0.05) is 6.07 Å². The van der Waals surface area contributed by atoms with Gasteiger partial charge in [0.05, 0.1) is 26.6 Å². The smallest absolute Gasteiger partial charge is 0.286 e. The number of ether oxygens (including phenoxy) is 2. The van der Waals surface area contributed by atoms with Crippen molar-refractivity contribution in [1.82, 2.24) is 14.7 Å². The number of aromatic nitrogens is 2. The number of nitriles is 1. The van der Waals surface area contributed by atoms with Crippen LogP contribution in [-0.2, 0) is 13.2 Å². The van der Waals surface area contributed by atoms with Crippen LogP contribution in [0.4, 0.5) is 0 Å². The Hall–Kier alpha value is -2.85. The molecule has 25 heavy (non-hydrogen) atoms. The summed E-state index contributed by atoms with van der Waals surface area (Å²) in [6.07, 6.45) is 0. The lowest BCUT2D eigenvalue weighted by Crippen LogP contribution is -2.34. The molecule has 0 saturated carbocycles. The highest BCUT2D eigenvalue weighted by Gasteiger charge is 2.14. The van der Waals surface area contributed by atoms with Crippen molar-refractivity contribution >= 4 is 0 Å². The van der Waals surface area contributed by atoms with Crippen molar-refractivity contribution in [2.45, 2.75) is 27.1 Å². The predicted molar refractivity (Wildman–Crippen MR) is 93.7 cm³/mol. The molecule has 0 atom stereocenters. The Bertz CT molecular complexity index is 868. The molecule has 7 heteroatoms. The van der Waals surface area contributed by atoms with Crippen LogP contribution in [0.5, 0.6) is 11.5 Å². The van der Waals surface area contributed by atoms with E-state index < -0.39 is 0 Å². The van der Waals surface area contributed by atoms with Crippen LogP contribution in [0.3, 0.4) is 0 Å². The van der Waals surface area contributed by atoms with E-state index in [1.165, 1.54) is 4.68 Å². The summed E-state index contributed by atoms with van der Waals surface area (Å²) >= 11 is 0. The second-order valence-corrected chi connectivity index (χ2v) is 5.84. The average molecular weight is 342 g/mol. The fourth-order valence-electron chi connectivity index (χ4n) is 2.55. The van der Waals surface area contributed by atoms with E-state index >= 15 is 0 Å². The molecule has 0 aliphatic rings. The molecular formula is C18H22N4O3. The Labute approximate surface area is 147 Å². The largest absolute Gasteiger partial charge is 0.497 e. The first kappa shape index (κ1) is 18.5. The average Bonchev–Trinajstić information content (AvgIpc) is 2.60. The molecule has 1 aromatic carbocycles. The van der Waals surface area contributed by atoms with E-state index in [4.69, 9.17) is 9.47 Å². The van der Waals surface area contributed by atoms with Crippen LogP contribution in [0.15, 0.2) is 23.0 Å². The van der Waals surface area contributed by atoms with Crippen molar-refractivity contribution in [1.29, 1.82) is 5.26 Å². The van der Waals surface area contributed by atoms with Crippen molar-refractivity contribution in [2.24, 2.45) is 0 Å². The third-order valence-corrected chi connectivity index (χ3v) is 4.06. The molecule has 1 heterocycles. The summed E-state index contributed by atoms with van der Waals surface area (Å²) in [5, 5.41) is 13.5. The maximum atomic E-state index is 12.4. The summed E-state index contributed by atoms with van der Waals surface area (Å²) in [5.41, 5.74) is 2.03. The van der Waals surface area contributed by atoms with Gasteiger partial charge in [-0.2, -0.15) is 10.4 Å². The molecule has 0 spiro atoms. The number of aryl methyl sites for hydroxylation is 1. The van der Waals surface area contributed by atoms with Gasteiger partial charge in [0.2, 0.25) is 0 Å². The monoisotopic (exact) mass is 342 g/mol. The third-order valence-electron chi connectivity index (χ3n) is 4.06. The minimum absolute atomic E-state index is 0.142. The van der Waals surface area contributed by atoms with Gasteiger partial charge in [0.15, 0.2) is 0 Å². The van der Waals surface area contributed by atoms with Crippen LogP contribution in [0.2, 0.25) is 0 Å². The normalized spacial score (nSPS) is 10.6. The van der Waals surface area contributed by atoms with E-state index in [9.17, 15) is 10.1 Å². The minimum Gasteiger partial charge on any atom is -0.497 e. The fourth-order valence-corrected chi connectivity index (χ4v) is 2.55. The van der Waals surface area contributed by atoms with Gasteiger partial charge in [-0.15, -0.1) is 0 Å². The molecule has 0 N–H and O–H groups in total. The molecule has 0 bridgehead atoms. The topological polar surface area (TPSA) is 80.4 Å². The Morgan fingerprint density at radius 1 is 1.28 bits per heavy atom. The summed E-state index contributed by atoms with van der Waals surface area (Å²) in [7, 11) is 5.08. The first-order chi connectivity index (χ1) is 11.9. The first-order valence-corrected chi connectivity index (χ1v) is 7.79. The van der Waals surface area contributed by atoms with Gasteiger partial charge in [0.1, 0.15) is 23.1 Å². The Balaban J connectivity index is 2.24. The molecule has 0 unspecified atom stereocenters. The van der Waals surface area contributed by atoms with Crippen LogP contribution in [0, 0.1) is 25.2 Å². The van der Waals surface area contributed by atoms with Crippen LogP contribution < -0.4 is 15.0 Å².